The van der Waals surface area contributed by atoms with E-state index in [0.29, 0.717) is 10.8 Å². The van der Waals surface area contributed by atoms with Gasteiger partial charge in [-0.25, -0.2) is 4.57 Å². The zero-order chi connectivity index (χ0) is 17.7. The van der Waals surface area contributed by atoms with E-state index in [0.717, 1.165) is 22.3 Å². The molecule has 128 valence electrons. The van der Waals surface area contributed by atoms with Gasteiger partial charge >= 0.3 is 7.82 Å². The first-order chi connectivity index (χ1) is 11.4. The summed E-state index contributed by atoms with van der Waals surface area (Å²) >= 11 is 5.89. The quantitative estimate of drug-likeness (QED) is 0.471. The van der Waals surface area contributed by atoms with Gasteiger partial charge in [0.1, 0.15) is 5.75 Å². The summed E-state index contributed by atoms with van der Waals surface area (Å²) in [5.74, 6) is 0.479. The number of phosphoric ester groups is 1. The van der Waals surface area contributed by atoms with E-state index in [1.165, 1.54) is 14.2 Å². The fourth-order valence-corrected chi connectivity index (χ4v) is 2.97. The molecular formula is C18H20ClO4P. The standard InChI is InChI=1S/C18H20ClO4P/c1-13-5-9-16(10-6-15-7-11-17(19)12-8-15)18(14(13)2)23-24(20,21-3)22-4/h5-12H,1-4H3/b10-6+. The fraction of sp³-hybridized carbons (Fsp3) is 0.222. The highest BCUT2D eigenvalue weighted by molar-refractivity contribution is 7.48. The van der Waals surface area contributed by atoms with Crippen LogP contribution in [0.15, 0.2) is 36.4 Å². The van der Waals surface area contributed by atoms with Crippen molar-refractivity contribution >= 4 is 31.6 Å². The monoisotopic (exact) mass is 366 g/mol. The highest BCUT2D eigenvalue weighted by atomic mass is 35.5. The van der Waals surface area contributed by atoms with E-state index in [2.05, 4.69) is 0 Å². The van der Waals surface area contributed by atoms with Crippen molar-refractivity contribution in [3.63, 3.8) is 0 Å². The van der Waals surface area contributed by atoms with E-state index in [-0.39, 0.29) is 0 Å². The van der Waals surface area contributed by atoms with Gasteiger partial charge in [-0.15, -0.1) is 0 Å². The van der Waals surface area contributed by atoms with E-state index in [1.54, 1.807) is 0 Å². The summed E-state index contributed by atoms with van der Waals surface area (Å²) in [4.78, 5) is 0. The van der Waals surface area contributed by atoms with Crippen molar-refractivity contribution in [1.29, 1.82) is 0 Å². The Balaban J connectivity index is 2.41. The van der Waals surface area contributed by atoms with Crippen LogP contribution in [0.2, 0.25) is 5.02 Å². The molecule has 0 bridgehead atoms. The Kier molecular flexibility index (Phi) is 6.25. The molecular weight excluding hydrogens is 347 g/mol. The van der Waals surface area contributed by atoms with Gasteiger partial charge in [-0.05, 0) is 42.7 Å². The second-order valence-electron chi connectivity index (χ2n) is 5.21. The van der Waals surface area contributed by atoms with E-state index in [4.69, 9.17) is 25.2 Å². The number of aryl methyl sites for hydroxylation is 1. The third kappa shape index (κ3) is 4.49. The van der Waals surface area contributed by atoms with Gasteiger partial charge in [-0.1, -0.05) is 48.0 Å². The van der Waals surface area contributed by atoms with Gasteiger partial charge in [0.15, 0.2) is 0 Å². The number of hydrogen-bond acceptors (Lipinski definition) is 4. The Labute approximate surface area is 147 Å². The van der Waals surface area contributed by atoms with Crippen LogP contribution in [-0.2, 0) is 13.6 Å². The molecule has 6 heteroatoms. The second kappa shape index (κ2) is 8.00. The largest absolute Gasteiger partial charge is 0.529 e. The predicted molar refractivity (Wildman–Crippen MR) is 98.5 cm³/mol. The molecule has 24 heavy (non-hydrogen) atoms. The molecule has 0 amide bonds. The minimum Gasteiger partial charge on any atom is -0.403 e. The van der Waals surface area contributed by atoms with Crippen LogP contribution in [0.3, 0.4) is 0 Å². The van der Waals surface area contributed by atoms with Crippen molar-refractivity contribution in [3.05, 3.63) is 63.7 Å². The maximum Gasteiger partial charge on any atom is 0.529 e. The summed E-state index contributed by atoms with van der Waals surface area (Å²) in [6.45, 7) is 3.86. The molecule has 0 heterocycles. The Bertz CT molecular complexity index is 776. The van der Waals surface area contributed by atoms with Crippen molar-refractivity contribution in [1.82, 2.24) is 0 Å². The van der Waals surface area contributed by atoms with Crippen LogP contribution < -0.4 is 4.52 Å². The molecule has 0 aliphatic carbocycles. The minimum atomic E-state index is -3.63. The molecule has 2 aromatic rings. The van der Waals surface area contributed by atoms with E-state index < -0.39 is 7.82 Å². The molecule has 0 N–H and O–H groups in total. The van der Waals surface area contributed by atoms with Gasteiger partial charge in [0.05, 0.1) is 0 Å². The molecule has 2 aromatic carbocycles. The first kappa shape index (κ1) is 18.8. The average Bonchev–Trinajstić information content (AvgIpc) is 2.59. The SMILES string of the molecule is COP(=O)(OC)Oc1c(/C=C/c2ccc(Cl)cc2)ccc(C)c1C. The molecule has 0 saturated carbocycles. The van der Waals surface area contributed by atoms with Crippen LogP contribution in [0.25, 0.3) is 12.2 Å². The Morgan fingerprint density at radius 1 is 0.958 bits per heavy atom. The zero-order valence-electron chi connectivity index (χ0n) is 14.1. The van der Waals surface area contributed by atoms with Crippen molar-refractivity contribution in [2.24, 2.45) is 0 Å². The Morgan fingerprint density at radius 2 is 1.58 bits per heavy atom. The molecule has 0 radical (unpaired) electrons. The molecule has 4 nitrogen and oxygen atoms in total. The lowest BCUT2D eigenvalue weighted by Crippen LogP contribution is -2.01. The van der Waals surface area contributed by atoms with Gasteiger partial charge < -0.3 is 4.52 Å². The van der Waals surface area contributed by atoms with Crippen LogP contribution in [0.1, 0.15) is 22.3 Å². The first-order valence-corrected chi connectivity index (χ1v) is 9.17. The highest BCUT2D eigenvalue weighted by Crippen LogP contribution is 2.50. The molecule has 0 fully saturated rings. The van der Waals surface area contributed by atoms with Gasteiger partial charge in [0.2, 0.25) is 0 Å². The number of benzene rings is 2. The first-order valence-electron chi connectivity index (χ1n) is 7.33. The van der Waals surface area contributed by atoms with Crippen LogP contribution in [-0.4, -0.2) is 14.2 Å². The molecule has 0 spiro atoms. The van der Waals surface area contributed by atoms with Crippen LogP contribution >= 0.6 is 19.4 Å². The maximum absolute atomic E-state index is 12.3. The van der Waals surface area contributed by atoms with Crippen LogP contribution in [0.4, 0.5) is 0 Å². The number of halogens is 1. The Hall–Kier alpha value is -1.58. The van der Waals surface area contributed by atoms with Gasteiger partial charge in [-0.2, -0.15) is 0 Å². The lowest BCUT2D eigenvalue weighted by molar-refractivity contribution is 0.210. The van der Waals surface area contributed by atoms with Crippen LogP contribution in [0.5, 0.6) is 5.75 Å². The van der Waals surface area contributed by atoms with Crippen molar-refractivity contribution < 1.29 is 18.1 Å². The fourth-order valence-electron chi connectivity index (χ4n) is 2.08. The van der Waals surface area contributed by atoms with E-state index >= 15 is 0 Å². The summed E-state index contributed by atoms with van der Waals surface area (Å²) < 4.78 is 27.7. The van der Waals surface area contributed by atoms with Crippen molar-refractivity contribution in [2.45, 2.75) is 13.8 Å². The molecule has 2 rings (SSSR count). The van der Waals surface area contributed by atoms with Gasteiger partial charge in [0.25, 0.3) is 0 Å². The average molecular weight is 367 g/mol. The third-order valence-electron chi connectivity index (χ3n) is 3.68. The second-order valence-corrected chi connectivity index (χ2v) is 7.46. The molecule has 0 saturated heterocycles. The van der Waals surface area contributed by atoms with Gasteiger partial charge in [0, 0.05) is 24.8 Å². The smallest absolute Gasteiger partial charge is 0.403 e. The van der Waals surface area contributed by atoms with Crippen LogP contribution in [0, 0.1) is 13.8 Å². The normalized spacial score (nSPS) is 11.9. The maximum atomic E-state index is 12.3. The summed E-state index contributed by atoms with van der Waals surface area (Å²) in [6.07, 6.45) is 3.82. The Morgan fingerprint density at radius 3 is 2.17 bits per heavy atom. The van der Waals surface area contributed by atoms with E-state index in [9.17, 15) is 4.57 Å². The third-order valence-corrected chi connectivity index (χ3v) is 5.24. The highest BCUT2D eigenvalue weighted by Gasteiger charge is 2.27. The summed E-state index contributed by atoms with van der Waals surface area (Å²) in [6, 6.07) is 11.4. The molecule has 0 unspecified atom stereocenters. The lowest BCUT2D eigenvalue weighted by atomic mass is 10.0. The number of hydrogen-bond donors (Lipinski definition) is 0. The van der Waals surface area contributed by atoms with Crippen molar-refractivity contribution in [2.75, 3.05) is 14.2 Å². The minimum absolute atomic E-state index is 0.479. The number of phosphoric acid groups is 1. The topological polar surface area (TPSA) is 44.8 Å². The molecule has 0 aromatic heterocycles. The molecule has 0 atom stereocenters. The molecule has 0 aliphatic heterocycles. The van der Waals surface area contributed by atoms with E-state index in [1.807, 2.05) is 62.4 Å². The van der Waals surface area contributed by atoms with Crippen molar-refractivity contribution in [3.8, 4) is 5.75 Å². The predicted octanol–water partition coefficient (Wildman–Crippen LogP) is 5.91. The van der Waals surface area contributed by atoms with Gasteiger partial charge in [-0.3, -0.25) is 9.05 Å². The summed E-state index contributed by atoms with van der Waals surface area (Å²) in [5, 5.41) is 0.684. The summed E-state index contributed by atoms with van der Waals surface area (Å²) in [7, 11) is -1.05. The number of rotatable bonds is 6. The summed E-state index contributed by atoms with van der Waals surface area (Å²) in [5.41, 5.74) is 3.67. The zero-order valence-corrected chi connectivity index (χ0v) is 15.7. The molecule has 0 aliphatic rings. The lowest BCUT2D eigenvalue weighted by Gasteiger charge is -2.18.